The molecular weight excluding hydrogens is 158 g/mol. The van der Waals surface area contributed by atoms with Crippen LogP contribution < -0.4 is 0 Å². The van der Waals surface area contributed by atoms with Crippen LogP contribution in [0.2, 0.25) is 0 Å². The number of hydrogen-bond acceptors (Lipinski definition) is 0. The third-order valence-corrected chi connectivity index (χ3v) is 2.01. The number of rotatable bonds is 1. The summed E-state index contributed by atoms with van der Waals surface area (Å²) in [5.74, 6) is 0. The van der Waals surface area contributed by atoms with E-state index in [1.54, 1.807) is 6.92 Å². The summed E-state index contributed by atoms with van der Waals surface area (Å²) in [4.78, 5) is 0. The highest BCUT2D eigenvalue weighted by atomic mass is 35.5. The summed E-state index contributed by atoms with van der Waals surface area (Å²) in [5.41, 5.74) is 0.627. The van der Waals surface area contributed by atoms with Crippen molar-refractivity contribution in [3.8, 4) is 0 Å². The van der Waals surface area contributed by atoms with E-state index in [4.69, 9.17) is 11.6 Å². The van der Waals surface area contributed by atoms with Gasteiger partial charge in [0.1, 0.15) is 0 Å². The molecular formula is C7H7ClF2. The Labute approximate surface area is 63.2 Å². The monoisotopic (exact) mass is 164 g/mol. The molecule has 0 N–H and O–H groups in total. The van der Waals surface area contributed by atoms with E-state index in [0.717, 1.165) is 0 Å². The molecule has 0 fully saturated rings. The van der Waals surface area contributed by atoms with Gasteiger partial charge in [0.15, 0.2) is 0 Å². The smallest absolute Gasteiger partial charge is 0.205 e. The lowest BCUT2D eigenvalue weighted by Gasteiger charge is -2.00. The first kappa shape index (κ1) is 7.73. The van der Waals surface area contributed by atoms with Gasteiger partial charge in [-0.1, -0.05) is 17.7 Å². The van der Waals surface area contributed by atoms with Crippen molar-refractivity contribution >= 4 is 11.6 Å². The predicted molar refractivity (Wildman–Crippen MR) is 37.3 cm³/mol. The maximum absolute atomic E-state index is 12.0. The van der Waals surface area contributed by atoms with Gasteiger partial charge in [0.2, 0.25) is 0 Å². The second-order valence-electron chi connectivity index (χ2n) is 2.19. The van der Waals surface area contributed by atoms with Crippen molar-refractivity contribution in [1.82, 2.24) is 0 Å². The Morgan fingerprint density at radius 3 is 2.40 bits per heavy atom. The minimum atomic E-state index is -2.38. The molecule has 1 rings (SSSR count). The second-order valence-corrected chi connectivity index (χ2v) is 2.65. The van der Waals surface area contributed by atoms with E-state index in [0.29, 0.717) is 17.0 Å². The van der Waals surface area contributed by atoms with E-state index in [9.17, 15) is 8.78 Å². The second kappa shape index (κ2) is 2.70. The molecule has 3 heteroatoms. The molecule has 0 aliphatic heterocycles. The molecule has 0 nitrogen and oxygen atoms in total. The summed E-state index contributed by atoms with van der Waals surface area (Å²) in [6.07, 6.45) is -0.439. The summed E-state index contributed by atoms with van der Waals surface area (Å²) in [5, 5.41) is 0.537. The van der Waals surface area contributed by atoms with Crippen LogP contribution in [0.4, 0.5) is 8.78 Å². The fourth-order valence-corrected chi connectivity index (χ4v) is 1.10. The van der Waals surface area contributed by atoms with Gasteiger partial charge in [-0.25, -0.2) is 8.78 Å². The van der Waals surface area contributed by atoms with Gasteiger partial charge in [-0.05, 0) is 12.5 Å². The van der Waals surface area contributed by atoms with Crippen molar-refractivity contribution in [3.05, 3.63) is 22.3 Å². The summed E-state index contributed by atoms with van der Waals surface area (Å²) in [6.45, 7) is 1.62. The van der Waals surface area contributed by atoms with Gasteiger partial charge in [0.25, 0.3) is 6.43 Å². The van der Waals surface area contributed by atoms with Crippen LogP contribution in [0.3, 0.4) is 0 Å². The molecule has 0 saturated carbocycles. The fourth-order valence-electron chi connectivity index (χ4n) is 0.915. The molecule has 56 valence electrons. The maximum Gasteiger partial charge on any atom is 0.263 e. The molecule has 1 aliphatic rings. The van der Waals surface area contributed by atoms with Gasteiger partial charge in [-0.15, -0.1) is 0 Å². The summed E-state index contributed by atoms with van der Waals surface area (Å²) in [6, 6.07) is 0. The number of halogens is 3. The quantitative estimate of drug-likeness (QED) is 0.559. The van der Waals surface area contributed by atoms with E-state index in [-0.39, 0.29) is 5.57 Å². The number of alkyl halides is 2. The molecule has 0 heterocycles. The van der Waals surface area contributed by atoms with E-state index >= 15 is 0 Å². The molecule has 0 unspecified atom stereocenters. The van der Waals surface area contributed by atoms with Gasteiger partial charge in [-0.2, -0.15) is 0 Å². The average Bonchev–Trinajstić information content (AvgIpc) is 2.14. The molecule has 0 amide bonds. The minimum Gasteiger partial charge on any atom is -0.205 e. The molecule has 0 bridgehead atoms. The molecule has 0 radical (unpaired) electrons. The Bertz CT molecular complexity index is 204. The SMILES string of the molecule is CC1=C(Cl)CC=C1C(F)F. The van der Waals surface area contributed by atoms with Crippen LogP contribution in [-0.4, -0.2) is 6.43 Å². The largest absolute Gasteiger partial charge is 0.263 e. The lowest BCUT2D eigenvalue weighted by Crippen LogP contribution is -1.95. The highest BCUT2D eigenvalue weighted by molar-refractivity contribution is 6.30. The predicted octanol–water partition coefficient (Wildman–Crippen LogP) is 3.09. The van der Waals surface area contributed by atoms with Gasteiger partial charge in [0, 0.05) is 17.0 Å². The third-order valence-electron chi connectivity index (χ3n) is 1.58. The highest BCUT2D eigenvalue weighted by Gasteiger charge is 2.19. The molecule has 0 saturated heterocycles. The number of allylic oxidation sites excluding steroid dienone is 4. The first-order valence-corrected chi connectivity index (χ1v) is 3.34. The fraction of sp³-hybridized carbons (Fsp3) is 0.429. The van der Waals surface area contributed by atoms with E-state index in [2.05, 4.69) is 0 Å². The van der Waals surface area contributed by atoms with Crippen molar-refractivity contribution in [2.45, 2.75) is 19.8 Å². The topological polar surface area (TPSA) is 0 Å². The van der Waals surface area contributed by atoms with Crippen LogP contribution in [0.1, 0.15) is 13.3 Å². The first-order valence-electron chi connectivity index (χ1n) is 2.96. The molecule has 0 aromatic heterocycles. The molecule has 10 heavy (non-hydrogen) atoms. The van der Waals surface area contributed by atoms with Crippen molar-refractivity contribution in [2.24, 2.45) is 0 Å². The average molecular weight is 165 g/mol. The van der Waals surface area contributed by atoms with Crippen LogP contribution in [0.15, 0.2) is 22.3 Å². The molecule has 0 spiro atoms. The first-order chi connectivity index (χ1) is 4.63. The van der Waals surface area contributed by atoms with Crippen LogP contribution in [0, 0.1) is 0 Å². The van der Waals surface area contributed by atoms with Crippen LogP contribution in [0.25, 0.3) is 0 Å². The summed E-state index contributed by atoms with van der Waals surface area (Å²) in [7, 11) is 0. The summed E-state index contributed by atoms with van der Waals surface area (Å²) >= 11 is 5.60. The van der Waals surface area contributed by atoms with Crippen molar-refractivity contribution in [2.75, 3.05) is 0 Å². The molecule has 0 atom stereocenters. The molecule has 0 aromatic carbocycles. The van der Waals surface area contributed by atoms with E-state index in [1.165, 1.54) is 6.08 Å². The van der Waals surface area contributed by atoms with Crippen molar-refractivity contribution in [1.29, 1.82) is 0 Å². The maximum atomic E-state index is 12.0. The number of hydrogen-bond donors (Lipinski definition) is 0. The Morgan fingerprint density at radius 2 is 2.20 bits per heavy atom. The minimum absolute atomic E-state index is 0.0880. The van der Waals surface area contributed by atoms with E-state index < -0.39 is 6.43 Å². The van der Waals surface area contributed by atoms with Gasteiger partial charge in [0.05, 0.1) is 0 Å². The zero-order valence-electron chi connectivity index (χ0n) is 5.50. The molecule has 1 aliphatic carbocycles. The van der Waals surface area contributed by atoms with Crippen molar-refractivity contribution in [3.63, 3.8) is 0 Å². The van der Waals surface area contributed by atoms with Crippen molar-refractivity contribution < 1.29 is 8.78 Å². The lowest BCUT2D eigenvalue weighted by molar-refractivity contribution is 0.192. The van der Waals surface area contributed by atoms with Crippen LogP contribution in [-0.2, 0) is 0 Å². The standard InChI is InChI=1S/C7H7ClF2/c1-4-5(7(9)10)2-3-6(4)8/h2,7H,3H2,1H3. The van der Waals surface area contributed by atoms with Gasteiger partial charge in [-0.3, -0.25) is 0 Å². The highest BCUT2D eigenvalue weighted by Crippen LogP contribution is 2.31. The zero-order valence-corrected chi connectivity index (χ0v) is 6.25. The van der Waals surface area contributed by atoms with Crippen LogP contribution in [0.5, 0.6) is 0 Å². The Balaban J connectivity index is 2.83. The third kappa shape index (κ3) is 1.21. The Hall–Kier alpha value is -0.370. The summed E-state index contributed by atoms with van der Waals surface area (Å²) < 4.78 is 24.0. The zero-order chi connectivity index (χ0) is 7.72. The Kier molecular flexibility index (Phi) is 2.09. The van der Waals surface area contributed by atoms with Gasteiger partial charge >= 0.3 is 0 Å². The lowest BCUT2D eigenvalue weighted by atomic mass is 10.2. The Morgan fingerprint density at radius 1 is 1.60 bits per heavy atom. The molecule has 0 aromatic rings. The van der Waals surface area contributed by atoms with Gasteiger partial charge < -0.3 is 0 Å². The normalized spacial score (nSPS) is 18.7. The van der Waals surface area contributed by atoms with Crippen LogP contribution >= 0.6 is 11.6 Å². The van der Waals surface area contributed by atoms with E-state index in [1.807, 2.05) is 0 Å².